The van der Waals surface area contributed by atoms with Crippen molar-refractivity contribution in [1.82, 2.24) is 15.5 Å². The van der Waals surface area contributed by atoms with Gasteiger partial charge in [0.1, 0.15) is 6.54 Å². The summed E-state index contributed by atoms with van der Waals surface area (Å²) < 4.78 is 0. The van der Waals surface area contributed by atoms with E-state index in [0.717, 1.165) is 5.57 Å². The van der Waals surface area contributed by atoms with Crippen molar-refractivity contribution >= 4 is 17.9 Å². The summed E-state index contributed by atoms with van der Waals surface area (Å²) in [5, 5.41) is 12.9. The fourth-order valence-corrected chi connectivity index (χ4v) is 1.16. The van der Waals surface area contributed by atoms with Crippen molar-refractivity contribution in [2.45, 2.75) is 13.8 Å². The van der Waals surface area contributed by atoms with Gasteiger partial charge in [0.05, 0.1) is 6.54 Å². The Morgan fingerprint density at radius 1 is 1.22 bits per heavy atom. The number of carbonyl (C=O) groups is 3. The highest BCUT2D eigenvalue weighted by molar-refractivity contribution is 5.86. The van der Waals surface area contributed by atoms with Gasteiger partial charge in [-0.1, -0.05) is 12.2 Å². The van der Waals surface area contributed by atoms with E-state index in [0.29, 0.717) is 13.1 Å². The molecule has 0 radical (unpaired) electrons. The average Bonchev–Trinajstić information content (AvgIpc) is 2.29. The number of carboxylic acids is 1. The molecule has 0 aromatic heterocycles. The molecule has 7 nitrogen and oxygen atoms in total. The Kier molecular flexibility index (Phi) is 7.18. The van der Waals surface area contributed by atoms with Gasteiger partial charge >= 0.3 is 12.0 Å². The van der Waals surface area contributed by atoms with Gasteiger partial charge in [-0.15, -0.1) is 0 Å². The van der Waals surface area contributed by atoms with E-state index in [2.05, 4.69) is 17.2 Å². The van der Waals surface area contributed by atoms with Crippen molar-refractivity contribution in [3.05, 3.63) is 12.2 Å². The molecule has 0 bridgehead atoms. The zero-order valence-corrected chi connectivity index (χ0v) is 10.7. The molecule has 102 valence electrons. The van der Waals surface area contributed by atoms with E-state index in [1.54, 1.807) is 6.92 Å². The number of aliphatic carboxylic acids is 1. The van der Waals surface area contributed by atoms with E-state index in [9.17, 15) is 14.4 Å². The Morgan fingerprint density at radius 3 is 2.28 bits per heavy atom. The van der Waals surface area contributed by atoms with Gasteiger partial charge in [-0.25, -0.2) is 4.79 Å². The Labute approximate surface area is 106 Å². The van der Waals surface area contributed by atoms with Crippen LogP contribution >= 0.6 is 0 Å². The highest BCUT2D eigenvalue weighted by Crippen LogP contribution is 1.95. The van der Waals surface area contributed by atoms with Gasteiger partial charge < -0.3 is 20.6 Å². The summed E-state index contributed by atoms with van der Waals surface area (Å²) in [6.07, 6.45) is 0. The second kappa shape index (κ2) is 8.10. The number of hydrogen-bond donors (Lipinski definition) is 3. The number of nitrogens with zero attached hydrogens (tertiary/aromatic N) is 1. The first-order chi connectivity index (χ1) is 8.36. The van der Waals surface area contributed by atoms with Gasteiger partial charge in [-0.2, -0.15) is 0 Å². The maximum atomic E-state index is 11.6. The molecule has 3 N–H and O–H groups in total. The summed E-state index contributed by atoms with van der Waals surface area (Å²) in [4.78, 5) is 34.5. The topological polar surface area (TPSA) is 98.7 Å². The second-order valence-electron chi connectivity index (χ2n) is 3.80. The lowest BCUT2D eigenvalue weighted by molar-refractivity contribution is -0.137. The normalized spacial score (nSPS) is 9.44. The number of nitrogens with one attached hydrogen (secondary N) is 2. The zero-order chi connectivity index (χ0) is 14.1. The molecule has 3 amide bonds. The minimum atomic E-state index is -1.13. The molecule has 0 aliphatic heterocycles. The van der Waals surface area contributed by atoms with E-state index >= 15 is 0 Å². The van der Waals surface area contributed by atoms with E-state index in [1.165, 1.54) is 4.90 Å². The van der Waals surface area contributed by atoms with E-state index in [1.807, 2.05) is 6.92 Å². The standard InChI is InChI=1S/C11H19N3O4/c1-4-14(7-8(2)3)11(18)13-5-9(15)12-6-10(16)17/h2,4-7H2,1,3H3,(H,12,15)(H,13,18)(H,16,17). The summed E-state index contributed by atoms with van der Waals surface area (Å²) in [6, 6.07) is -0.383. The molecular weight excluding hydrogens is 238 g/mol. The van der Waals surface area contributed by atoms with Crippen molar-refractivity contribution in [1.29, 1.82) is 0 Å². The maximum absolute atomic E-state index is 11.6. The van der Waals surface area contributed by atoms with Crippen LogP contribution in [0.1, 0.15) is 13.8 Å². The van der Waals surface area contributed by atoms with Gasteiger partial charge in [0, 0.05) is 13.1 Å². The van der Waals surface area contributed by atoms with Crippen LogP contribution in [0.15, 0.2) is 12.2 Å². The molecule has 0 spiro atoms. The van der Waals surface area contributed by atoms with Crippen LogP contribution in [0.2, 0.25) is 0 Å². The molecule has 0 aromatic carbocycles. The van der Waals surface area contributed by atoms with Crippen LogP contribution in [0.5, 0.6) is 0 Å². The maximum Gasteiger partial charge on any atom is 0.322 e. The van der Waals surface area contributed by atoms with Gasteiger partial charge in [-0.3, -0.25) is 9.59 Å². The van der Waals surface area contributed by atoms with Crippen molar-refractivity contribution in [2.24, 2.45) is 0 Å². The minimum absolute atomic E-state index is 0.251. The van der Waals surface area contributed by atoms with Gasteiger partial charge in [0.25, 0.3) is 0 Å². The zero-order valence-electron chi connectivity index (χ0n) is 10.7. The number of likely N-dealkylation sites (N-methyl/N-ethyl adjacent to an activating group) is 1. The third-order valence-corrected chi connectivity index (χ3v) is 1.97. The summed E-state index contributed by atoms with van der Waals surface area (Å²) in [5.41, 5.74) is 0.835. The van der Waals surface area contributed by atoms with Gasteiger partial charge in [0.15, 0.2) is 0 Å². The van der Waals surface area contributed by atoms with Crippen LogP contribution in [0.4, 0.5) is 4.79 Å². The highest BCUT2D eigenvalue weighted by atomic mass is 16.4. The van der Waals surface area contributed by atoms with Crippen LogP contribution in [-0.4, -0.2) is 54.1 Å². The first-order valence-electron chi connectivity index (χ1n) is 5.52. The fraction of sp³-hybridized carbons (Fsp3) is 0.545. The largest absolute Gasteiger partial charge is 0.480 e. The summed E-state index contributed by atoms with van der Waals surface area (Å²) in [7, 11) is 0. The summed E-state index contributed by atoms with van der Waals surface area (Å²) in [6.45, 7) is 7.52. The van der Waals surface area contributed by atoms with Crippen LogP contribution in [-0.2, 0) is 9.59 Å². The molecule has 0 aliphatic carbocycles. The fourth-order valence-electron chi connectivity index (χ4n) is 1.16. The highest BCUT2D eigenvalue weighted by Gasteiger charge is 2.12. The number of carbonyl (C=O) groups excluding carboxylic acids is 2. The summed E-state index contributed by atoms with van der Waals surface area (Å²) in [5.74, 6) is -1.68. The molecule has 7 heteroatoms. The summed E-state index contributed by atoms with van der Waals surface area (Å²) >= 11 is 0. The molecule has 0 atom stereocenters. The molecule has 0 saturated carbocycles. The second-order valence-corrected chi connectivity index (χ2v) is 3.80. The molecule has 0 saturated heterocycles. The van der Waals surface area contributed by atoms with Crippen molar-refractivity contribution < 1.29 is 19.5 Å². The Balaban J connectivity index is 4.03. The molecule has 0 rings (SSSR count). The van der Waals surface area contributed by atoms with Gasteiger partial charge in [0.2, 0.25) is 5.91 Å². The quantitative estimate of drug-likeness (QED) is 0.550. The molecule has 0 aromatic rings. The molecule has 0 aliphatic rings. The van der Waals surface area contributed by atoms with Crippen molar-refractivity contribution in [2.75, 3.05) is 26.2 Å². The SMILES string of the molecule is C=C(C)CN(CC)C(=O)NCC(=O)NCC(=O)O. The first kappa shape index (κ1) is 16.0. The smallest absolute Gasteiger partial charge is 0.322 e. The van der Waals surface area contributed by atoms with Crippen molar-refractivity contribution in [3.8, 4) is 0 Å². The number of hydrogen-bond acceptors (Lipinski definition) is 3. The van der Waals surface area contributed by atoms with Crippen molar-refractivity contribution in [3.63, 3.8) is 0 Å². The van der Waals surface area contributed by atoms with Crippen LogP contribution in [0.3, 0.4) is 0 Å². The number of amides is 3. The Hall–Kier alpha value is -2.05. The van der Waals surface area contributed by atoms with E-state index < -0.39 is 18.4 Å². The molecule has 0 unspecified atom stereocenters. The lowest BCUT2D eigenvalue weighted by atomic mass is 10.3. The lowest BCUT2D eigenvalue weighted by Crippen LogP contribution is -2.45. The molecular formula is C11H19N3O4. The third kappa shape index (κ3) is 7.26. The monoisotopic (exact) mass is 257 g/mol. The van der Waals surface area contributed by atoms with E-state index in [-0.39, 0.29) is 12.6 Å². The predicted molar refractivity (Wildman–Crippen MR) is 66.1 cm³/mol. The van der Waals surface area contributed by atoms with Crippen LogP contribution < -0.4 is 10.6 Å². The number of rotatable bonds is 7. The van der Waals surface area contributed by atoms with Crippen LogP contribution in [0.25, 0.3) is 0 Å². The number of urea groups is 1. The lowest BCUT2D eigenvalue weighted by Gasteiger charge is -2.21. The van der Waals surface area contributed by atoms with E-state index in [4.69, 9.17) is 5.11 Å². The third-order valence-electron chi connectivity index (χ3n) is 1.97. The van der Waals surface area contributed by atoms with Gasteiger partial charge in [-0.05, 0) is 13.8 Å². The number of carboxylic acid groups (broad SMARTS) is 1. The Bertz CT molecular complexity index is 341. The van der Waals surface area contributed by atoms with Crippen LogP contribution in [0, 0.1) is 0 Å². The Morgan fingerprint density at radius 2 is 1.83 bits per heavy atom. The minimum Gasteiger partial charge on any atom is -0.480 e. The predicted octanol–water partition coefficient (Wildman–Crippen LogP) is -0.205. The first-order valence-corrected chi connectivity index (χ1v) is 5.52. The molecule has 0 heterocycles. The molecule has 0 fully saturated rings. The average molecular weight is 257 g/mol. The molecule has 18 heavy (non-hydrogen) atoms.